The van der Waals surface area contributed by atoms with E-state index in [1.165, 1.54) is 36.8 Å². The molecule has 2 aliphatic rings. The first kappa shape index (κ1) is 11.2. The summed E-state index contributed by atoms with van der Waals surface area (Å²) in [5, 5.41) is 1.19. The highest BCUT2D eigenvalue weighted by atomic mass is 15.2. The second-order valence-electron chi connectivity index (χ2n) is 5.85. The van der Waals surface area contributed by atoms with Gasteiger partial charge in [-0.3, -0.25) is 0 Å². The van der Waals surface area contributed by atoms with E-state index in [4.69, 9.17) is 10.7 Å². The SMILES string of the molecule is NCc1cc2ccccc2nc1N1CC2CCC1C2. The van der Waals surface area contributed by atoms with Gasteiger partial charge in [-0.2, -0.15) is 0 Å². The van der Waals surface area contributed by atoms with Crippen LogP contribution in [0.3, 0.4) is 0 Å². The molecule has 0 radical (unpaired) electrons. The fraction of sp³-hybridized carbons (Fsp3) is 0.438. The zero-order valence-electron chi connectivity index (χ0n) is 11.0. The van der Waals surface area contributed by atoms with Gasteiger partial charge in [0.1, 0.15) is 5.82 Å². The Morgan fingerprint density at radius 1 is 1.26 bits per heavy atom. The van der Waals surface area contributed by atoms with Crippen molar-refractivity contribution in [3.05, 3.63) is 35.9 Å². The Labute approximate surface area is 113 Å². The topological polar surface area (TPSA) is 42.1 Å². The molecule has 1 aromatic heterocycles. The van der Waals surface area contributed by atoms with Crippen molar-refractivity contribution in [2.24, 2.45) is 11.7 Å². The number of pyridine rings is 1. The minimum atomic E-state index is 0.570. The lowest BCUT2D eigenvalue weighted by molar-refractivity contribution is 0.549. The monoisotopic (exact) mass is 253 g/mol. The lowest BCUT2D eigenvalue weighted by atomic mass is 10.1. The summed E-state index contributed by atoms with van der Waals surface area (Å²) in [6, 6.07) is 11.2. The third-order valence-corrected chi connectivity index (χ3v) is 4.68. The molecule has 1 aliphatic carbocycles. The number of para-hydroxylation sites is 1. The van der Waals surface area contributed by atoms with Crippen molar-refractivity contribution < 1.29 is 0 Å². The maximum Gasteiger partial charge on any atom is 0.134 e. The third-order valence-electron chi connectivity index (χ3n) is 4.68. The normalized spacial score (nSPS) is 25.4. The van der Waals surface area contributed by atoms with E-state index in [0.717, 1.165) is 17.3 Å². The first-order chi connectivity index (χ1) is 9.35. The van der Waals surface area contributed by atoms with Crippen molar-refractivity contribution in [2.45, 2.75) is 31.8 Å². The number of hydrogen-bond donors (Lipinski definition) is 1. The van der Waals surface area contributed by atoms with Crippen LogP contribution >= 0.6 is 0 Å². The molecule has 2 bridgehead atoms. The second kappa shape index (κ2) is 4.20. The molecule has 3 heteroatoms. The van der Waals surface area contributed by atoms with Crippen LogP contribution in [0.25, 0.3) is 10.9 Å². The molecule has 0 amide bonds. The van der Waals surface area contributed by atoms with Crippen molar-refractivity contribution >= 4 is 16.7 Å². The zero-order chi connectivity index (χ0) is 12.8. The molecule has 3 nitrogen and oxygen atoms in total. The van der Waals surface area contributed by atoms with Crippen LogP contribution in [-0.2, 0) is 6.54 Å². The molecule has 2 fully saturated rings. The van der Waals surface area contributed by atoms with Gasteiger partial charge in [-0.25, -0.2) is 4.98 Å². The van der Waals surface area contributed by atoms with Crippen molar-refractivity contribution in [1.29, 1.82) is 0 Å². The number of rotatable bonds is 2. The Balaban J connectivity index is 1.83. The van der Waals surface area contributed by atoms with Crippen LogP contribution in [0.2, 0.25) is 0 Å². The lowest BCUT2D eigenvalue weighted by Gasteiger charge is -2.30. The molecular formula is C16H19N3. The smallest absolute Gasteiger partial charge is 0.134 e. The predicted molar refractivity (Wildman–Crippen MR) is 78.1 cm³/mol. The maximum atomic E-state index is 5.94. The van der Waals surface area contributed by atoms with Gasteiger partial charge in [-0.05, 0) is 37.3 Å². The van der Waals surface area contributed by atoms with Gasteiger partial charge in [0, 0.05) is 30.1 Å². The number of benzene rings is 1. The second-order valence-corrected chi connectivity index (χ2v) is 5.85. The fourth-order valence-corrected chi connectivity index (χ4v) is 3.73. The highest BCUT2D eigenvalue weighted by Crippen LogP contribution is 2.40. The zero-order valence-corrected chi connectivity index (χ0v) is 11.0. The van der Waals surface area contributed by atoms with Gasteiger partial charge >= 0.3 is 0 Å². The molecule has 1 aliphatic heterocycles. The number of nitrogens with two attached hydrogens (primary N) is 1. The molecule has 98 valence electrons. The molecule has 2 N–H and O–H groups in total. The molecular weight excluding hydrogens is 234 g/mol. The third kappa shape index (κ3) is 1.72. The fourth-order valence-electron chi connectivity index (χ4n) is 3.73. The Hall–Kier alpha value is -1.61. The number of fused-ring (bicyclic) bond motifs is 3. The van der Waals surface area contributed by atoms with E-state index < -0.39 is 0 Å². The molecule has 1 aromatic carbocycles. The van der Waals surface area contributed by atoms with Crippen LogP contribution in [0.15, 0.2) is 30.3 Å². The van der Waals surface area contributed by atoms with Gasteiger partial charge in [0.2, 0.25) is 0 Å². The maximum absolute atomic E-state index is 5.94. The first-order valence-corrected chi connectivity index (χ1v) is 7.20. The Bertz CT molecular complexity index is 622. The molecule has 2 unspecified atom stereocenters. The van der Waals surface area contributed by atoms with E-state index in [-0.39, 0.29) is 0 Å². The van der Waals surface area contributed by atoms with E-state index in [1.54, 1.807) is 0 Å². The summed E-state index contributed by atoms with van der Waals surface area (Å²) in [4.78, 5) is 7.40. The first-order valence-electron chi connectivity index (χ1n) is 7.20. The van der Waals surface area contributed by atoms with Crippen LogP contribution in [0.1, 0.15) is 24.8 Å². The highest BCUT2D eigenvalue weighted by Gasteiger charge is 2.39. The molecule has 1 saturated carbocycles. The lowest BCUT2D eigenvalue weighted by Crippen LogP contribution is -2.33. The van der Waals surface area contributed by atoms with Crippen molar-refractivity contribution in [1.82, 2.24) is 4.98 Å². The van der Waals surface area contributed by atoms with Crippen molar-refractivity contribution in [2.75, 3.05) is 11.4 Å². The molecule has 4 rings (SSSR count). The van der Waals surface area contributed by atoms with E-state index in [2.05, 4.69) is 35.2 Å². The van der Waals surface area contributed by atoms with Crippen molar-refractivity contribution in [3.8, 4) is 0 Å². The Morgan fingerprint density at radius 2 is 2.16 bits per heavy atom. The summed E-state index contributed by atoms with van der Waals surface area (Å²) < 4.78 is 0. The highest BCUT2D eigenvalue weighted by molar-refractivity contribution is 5.82. The Kier molecular flexibility index (Phi) is 2.49. The van der Waals surface area contributed by atoms with Gasteiger partial charge in [0.25, 0.3) is 0 Å². The molecule has 19 heavy (non-hydrogen) atoms. The largest absolute Gasteiger partial charge is 0.353 e. The van der Waals surface area contributed by atoms with E-state index in [9.17, 15) is 0 Å². The number of anilines is 1. The average molecular weight is 253 g/mol. The van der Waals surface area contributed by atoms with E-state index >= 15 is 0 Å². The molecule has 2 heterocycles. The molecule has 1 saturated heterocycles. The van der Waals surface area contributed by atoms with Crippen LogP contribution in [-0.4, -0.2) is 17.6 Å². The summed E-state index contributed by atoms with van der Waals surface area (Å²) in [6.45, 7) is 1.74. The summed E-state index contributed by atoms with van der Waals surface area (Å²) in [7, 11) is 0. The van der Waals surface area contributed by atoms with Gasteiger partial charge in [-0.15, -0.1) is 0 Å². The number of hydrogen-bond acceptors (Lipinski definition) is 3. The van der Waals surface area contributed by atoms with Crippen LogP contribution in [0.4, 0.5) is 5.82 Å². The summed E-state index contributed by atoms with van der Waals surface area (Å²) in [6.07, 6.45) is 4.06. The summed E-state index contributed by atoms with van der Waals surface area (Å²) in [5.74, 6) is 2.01. The van der Waals surface area contributed by atoms with Gasteiger partial charge < -0.3 is 10.6 Å². The molecule has 0 spiro atoms. The van der Waals surface area contributed by atoms with Crippen LogP contribution in [0.5, 0.6) is 0 Å². The van der Waals surface area contributed by atoms with Gasteiger partial charge in [0.15, 0.2) is 0 Å². The number of nitrogens with zero attached hydrogens (tertiary/aromatic N) is 2. The Morgan fingerprint density at radius 3 is 2.89 bits per heavy atom. The van der Waals surface area contributed by atoms with Gasteiger partial charge in [-0.1, -0.05) is 18.2 Å². The van der Waals surface area contributed by atoms with Crippen molar-refractivity contribution in [3.63, 3.8) is 0 Å². The summed E-state index contributed by atoms with van der Waals surface area (Å²) in [5.41, 5.74) is 8.21. The predicted octanol–water partition coefficient (Wildman–Crippen LogP) is 2.68. The quantitative estimate of drug-likeness (QED) is 0.894. The molecule has 2 aromatic rings. The number of aromatic nitrogens is 1. The minimum Gasteiger partial charge on any atom is -0.353 e. The minimum absolute atomic E-state index is 0.570. The standard InChI is InChI=1S/C16H19N3/c17-9-13-8-12-3-1-2-4-15(12)18-16(13)19-10-11-5-6-14(19)7-11/h1-4,8,11,14H,5-7,9-10,17H2. The number of piperidine rings is 1. The average Bonchev–Trinajstić information content (AvgIpc) is 3.08. The molecule has 2 atom stereocenters. The van der Waals surface area contributed by atoms with E-state index in [0.29, 0.717) is 12.6 Å². The van der Waals surface area contributed by atoms with Crippen LogP contribution in [0, 0.1) is 5.92 Å². The van der Waals surface area contributed by atoms with Crippen LogP contribution < -0.4 is 10.6 Å². The summed E-state index contributed by atoms with van der Waals surface area (Å²) >= 11 is 0. The van der Waals surface area contributed by atoms with E-state index in [1.807, 2.05) is 0 Å². The van der Waals surface area contributed by atoms with Gasteiger partial charge in [0.05, 0.1) is 5.52 Å².